The van der Waals surface area contributed by atoms with E-state index in [4.69, 9.17) is 0 Å². The molecule has 0 aliphatic carbocycles. The van der Waals surface area contributed by atoms with Crippen molar-refractivity contribution >= 4 is 5.91 Å². The lowest BCUT2D eigenvalue weighted by molar-refractivity contribution is -0.137. The summed E-state index contributed by atoms with van der Waals surface area (Å²) in [5, 5.41) is 3.45. The Morgan fingerprint density at radius 2 is 1.58 bits per heavy atom. The summed E-state index contributed by atoms with van der Waals surface area (Å²) in [6.45, 7) is 5.78. The lowest BCUT2D eigenvalue weighted by atomic mass is 9.82. The number of hydrogen-bond donors (Lipinski definition) is 1. The molecule has 0 spiro atoms. The number of carbonyl (C=O) groups excluding carboxylic acids is 1. The first kappa shape index (κ1) is 16.7. The highest BCUT2D eigenvalue weighted by Gasteiger charge is 2.39. The van der Waals surface area contributed by atoms with Gasteiger partial charge in [-0.2, -0.15) is 0 Å². The summed E-state index contributed by atoms with van der Waals surface area (Å²) in [5.74, 6) is 0.509. The normalized spacial score (nSPS) is 20.8. The van der Waals surface area contributed by atoms with Gasteiger partial charge in [0.25, 0.3) is 0 Å². The minimum atomic E-state index is -0.528. The molecule has 1 amide bonds. The molecule has 1 unspecified atom stereocenters. The second-order valence-corrected chi connectivity index (χ2v) is 7.15. The topological polar surface area (TPSA) is 32.3 Å². The fourth-order valence-electron chi connectivity index (χ4n) is 3.68. The third kappa shape index (κ3) is 3.09. The van der Waals surface area contributed by atoms with E-state index in [0.29, 0.717) is 5.92 Å². The van der Waals surface area contributed by atoms with E-state index in [1.165, 1.54) is 5.56 Å². The Labute approximate surface area is 144 Å². The van der Waals surface area contributed by atoms with Crippen molar-refractivity contribution in [1.82, 2.24) is 10.2 Å². The van der Waals surface area contributed by atoms with Crippen molar-refractivity contribution < 1.29 is 4.79 Å². The van der Waals surface area contributed by atoms with Crippen molar-refractivity contribution in [2.75, 3.05) is 20.1 Å². The fourth-order valence-corrected chi connectivity index (χ4v) is 3.68. The van der Waals surface area contributed by atoms with Crippen LogP contribution in [-0.2, 0) is 10.2 Å². The first-order valence-corrected chi connectivity index (χ1v) is 8.60. The molecule has 0 aromatic heterocycles. The van der Waals surface area contributed by atoms with Crippen LogP contribution in [0.25, 0.3) is 0 Å². The average molecular weight is 322 g/mol. The van der Waals surface area contributed by atoms with Gasteiger partial charge in [-0.25, -0.2) is 0 Å². The summed E-state index contributed by atoms with van der Waals surface area (Å²) in [6.07, 6.45) is 0. The monoisotopic (exact) mass is 322 g/mol. The minimum absolute atomic E-state index is 0.170. The molecule has 1 heterocycles. The number of amides is 1. The number of nitrogens with one attached hydrogen (secondary N) is 1. The second kappa shape index (κ2) is 6.78. The molecule has 1 fully saturated rings. The number of nitrogens with zero attached hydrogens (tertiary/aromatic N) is 1. The Bertz CT molecular complexity index is 681. The van der Waals surface area contributed by atoms with E-state index >= 15 is 0 Å². The molecule has 0 saturated carbocycles. The SMILES string of the molecule is CN(C(=O)C(C)(C)c1ccccc1)C1CNC[C@H]1c1ccccc1. The van der Waals surface area contributed by atoms with Gasteiger partial charge in [-0.05, 0) is 25.0 Å². The molecule has 2 aromatic carbocycles. The Morgan fingerprint density at radius 3 is 2.21 bits per heavy atom. The number of hydrogen-bond acceptors (Lipinski definition) is 2. The molecule has 3 rings (SSSR count). The maximum Gasteiger partial charge on any atom is 0.232 e. The van der Waals surface area contributed by atoms with Gasteiger partial charge in [0.05, 0.1) is 11.5 Å². The van der Waals surface area contributed by atoms with Crippen LogP contribution in [0.5, 0.6) is 0 Å². The van der Waals surface area contributed by atoms with Crippen molar-refractivity contribution in [2.24, 2.45) is 0 Å². The van der Waals surface area contributed by atoms with Crippen LogP contribution >= 0.6 is 0 Å². The van der Waals surface area contributed by atoms with E-state index in [1.807, 2.05) is 62.2 Å². The van der Waals surface area contributed by atoms with Gasteiger partial charge in [0, 0.05) is 26.1 Å². The lowest BCUT2D eigenvalue weighted by Gasteiger charge is -2.35. The smallest absolute Gasteiger partial charge is 0.232 e. The predicted octanol–water partition coefficient (Wildman–Crippen LogP) is 3.18. The van der Waals surface area contributed by atoms with Gasteiger partial charge in [-0.3, -0.25) is 4.79 Å². The molecular formula is C21H26N2O. The second-order valence-electron chi connectivity index (χ2n) is 7.15. The highest BCUT2D eigenvalue weighted by atomic mass is 16.2. The van der Waals surface area contributed by atoms with Crippen molar-refractivity contribution in [3.05, 3.63) is 71.8 Å². The van der Waals surface area contributed by atoms with Crippen molar-refractivity contribution in [1.29, 1.82) is 0 Å². The predicted molar refractivity (Wildman–Crippen MR) is 98.1 cm³/mol. The van der Waals surface area contributed by atoms with E-state index in [1.54, 1.807) is 0 Å². The van der Waals surface area contributed by atoms with Crippen LogP contribution in [0, 0.1) is 0 Å². The molecule has 0 bridgehead atoms. The van der Waals surface area contributed by atoms with Gasteiger partial charge in [-0.1, -0.05) is 60.7 Å². The highest BCUT2D eigenvalue weighted by molar-refractivity contribution is 5.87. The third-order valence-corrected chi connectivity index (χ3v) is 5.26. The fraction of sp³-hybridized carbons (Fsp3) is 0.381. The van der Waals surface area contributed by atoms with Crippen LogP contribution in [0.15, 0.2) is 60.7 Å². The van der Waals surface area contributed by atoms with E-state index in [2.05, 4.69) is 29.6 Å². The molecule has 2 atom stereocenters. The number of carbonyl (C=O) groups is 1. The molecule has 24 heavy (non-hydrogen) atoms. The lowest BCUT2D eigenvalue weighted by Crippen LogP contribution is -2.48. The molecule has 3 heteroatoms. The van der Waals surface area contributed by atoms with Crippen molar-refractivity contribution in [2.45, 2.75) is 31.2 Å². The van der Waals surface area contributed by atoms with Crippen LogP contribution in [0.1, 0.15) is 30.9 Å². The van der Waals surface area contributed by atoms with Gasteiger partial charge in [-0.15, -0.1) is 0 Å². The van der Waals surface area contributed by atoms with Gasteiger partial charge < -0.3 is 10.2 Å². The average Bonchev–Trinajstić information content (AvgIpc) is 3.11. The molecule has 3 nitrogen and oxygen atoms in total. The zero-order valence-electron chi connectivity index (χ0n) is 14.7. The summed E-state index contributed by atoms with van der Waals surface area (Å²) in [4.78, 5) is 15.2. The standard InChI is InChI=1S/C21H26N2O/c1-21(2,17-12-8-5-9-13-17)20(24)23(3)19-15-22-14-18(19)16-10-6-4-7-11-16/h4-13,18-19,22H,14-15H2,1-3H3/t18-,19?/m0/s1. The summed E-state index contributed by atoms with van der Waals surface area (Å²) < 4.78 is 0. The Hall–Kier alpha value is -2.13. The highest BCUT2D eigenvalue weighted by Crippen LogP contribution is 2.31. The number of benzene rings is 2. The van der Waals surface area contributed by atoms with Gasteiger partial charge in [0.2, 0.25) is 5.91 Å². The molecule has 126 valence electrons. The largest absolute Gasteiger partial charge is 0.340 e. The van der Waals surface area contributed by atoms with Crippen LogP contribution in [0.2, 0.25) is 0 Å². The van der Waals surface area contributed by atoms with E-state index in [9.17, 15) is 4.79 Å². The maximum atomic E-state index is 13.2. The Balaban J connectivity index is 1.82. The Morgan fingerprint density at radius 1 is 1.00 bits per heavy atom. The zero-order valence-corrected chi connectivity index (χ0v) is 14.7. The van der Waals surface area contributed by atoms with Gasteiger partial charge in [0.15, 0.2) is 0 Å². The van der Waals surface area contributed by atoms with E-state index in [-0.39, 0.29) is 11.9 Å². The minimum Gasteiger partial charge on any atom is -0.340 e. The summed E-state index contributed by atoms with van der Waals surface area (Å²) in [5.41, 5.74) is 1.83. The Kier molecular flexibility index (Phi) is 4.72. The molecular weight excluding hydrogens is 296 g/mol. The number of likely N-dealkylation sites (N-methyl/N-ethyl adjacent to an activating group) is 1. The van der Waals surface area contributed by atoms with Crippen LogP contribution in [-0.4, -0.2) is 37.0 Å². The first-order valence-electron chi connectivity index (χ1n) is 8.60. The zero-order chi connectivity index (χ0) is 17.2. The van der Waals surface area contributed by atoms with Crippen molar-refractivity contribution in [3.8, 4) is 0 Å². The van der Waals surface area contributed by atoms with Gasteiger partial charge in [0.1, 0.15) is 0 Å². The summed E-state index contributed by atoms with van der Waals surface area (Å²) in [7, 11) is 1.95. The maximum absolute atomic E-state index is 13.2. The van der Waals surface area contributed by atoms with Gasteiger partial charge >= 0.3 is 0 Å². The molecule has 1 aliphatic rings. The summed E-state index contributed by atoms with van der Waals surface area (Å²) >= 11 is 0. The van der Waals surface area contributed by atoms with Crippen LogP contribution in [0.4, 0.5) is 0 Å². The molecule has 0 radical (unpaired) electrons. The quantitative estimate of drug-likeness (QED) is 0.938. The number of rotatable bonds is 4. The first-order chi connectivity index (χ1) is 11.5. The molecule has 1 N–H and O–H groups in total. The van der Waals surface area contributed by atoms with E-state index < -0.39 is 5.41 Å². The van der Waals surface area contributed by atoms with Crippen molar-refractivity contribution in [3.63, 3.8) is 0 Å². The van der Waals surface area contributed by atoms with Crippen LogP contribution in [0.3, 0.4) is 0 Å². The third-order valence-electron chi connectivity index (χ3n) is 5.26. The molecule has 2 aromatic rings. The summed E-state index contributed by atoms with van der Waals surface area (Å²) in [6, 6.07) is 20.7. The molecule has 1 aliphatic heterocycles. The van der Waals surface area contributed by atoms with E-state index in [0.717, 1.165) is 18.7 Å². The molecule has 1 saturated heterocycles. The van der Waals surface area contributed by atoms with Crippen LogP contribution < -0.4 is 5.32 Å².